The van der Waals surface area contributed by atoms with E-state index in [1.165, 1.54) is 44.2 Å². The Labute approximate surface area is 116 Å². The van der Waals surface area contributed by atoms with E-state index in [1.807, 2.05) is 7.05 Å². The quantitative estimate of drug-likeness (QED) is 0.904. The van der Waals surface area contributed by atoms with Gasteiger partial charge < -0.3 is 9.73 Å². The number of hydrogen-bond acceptors (Lipinski definition) is 3. The lowest BCUT2D eigenvalue weighted by atomic mass is 9.92. The van der Waals surface area contributed by atoms with E-state index in [2.05, 4.69) is 23.2 Å². The summed E-state index contributed by atoms with van der Waals surface area (Å²) in [7, 11) is 1.99. The fraction of sp³-hybridized carbons (Fsp3) is 0.750. The fourth-order valence-electron chi connectivity index (χ4n) is 3.99. The highest BCUT2D eigenvalue weighted by Gasteiger charge is 2.35. The predicted molar refractivity (Wildman–Crippen MR) is 77.0 cm³/mol. The number of nitrogens with one attached hydrogen (secondary N) is 1. The van der Waals surface area contributed by atoms with Crippen molar-refractivity contribution in [1.29, 1.82) is 0 Å². The zero-order valence-electron chi connectivity index (χ0n) is 12.2. The van der Waals surface area contributed by atoms with Crippen LogP contribution in [-0.2, 0) is 13.1 Å². The van der Waals surface area contributed by atoms with Gasteiger partial charge in [-0.1, -0.05) is 6.42 Å². The average Bonchev–Trinajstić information content (AvgIpc) is 2.98. The molecule has 2 aliphatic rings. The van der Waals surface area contributed by atoms with Crippen molar-refractivity contribution >= 4 is 0 Å². The molecule has 106 valence electrons. The van der Waals surface area contributed by atoms with Gasteiger partial charge in [-0.15, -0.1) is 0 Å². The monoisotopic (exact) mass is 262 g/mol. The van der Waals surface area contributed by atoms with Gasteiger partial charge in [0.15, 0.2) is 0 Å². The van der Waals surface area contributed by atoms with Gasteiger partial charge in [0.05, 0.1) is 6.54 Å². The molecule has 0 aromatic carbocycles. The third kappa shape index (κ3) is 2.72. The van der Waals surface area contributed by atoms with Gasteiger partial charge in [-0.2, -0.15) is 0 Å². The number of furan rings is 1. The van der Waals surface area contributed by atoms with Crippen LogP contribution >= 0.6 is 0 Å². The number of piperidine rings is 1. The summed E-state index contributed by atoms with van der Waals surface area (Å²) >= 11 is 0. The van der Waals surface area contributed by atoms with Gasteiger partial charge in [-0.05, 0) is 58.2 Å². The summed E-state index contributed by atoms with van der Waals surface area (Å²) in [5.74, 6) is 3.18. The van der Waals surface area contributed by atoms with Crippen molar-refractivity contribution < 1.29 is 4.42 Å². The predicted octanol–water partition coefficient (Wildman–Crippen LogP) is 3.07. The van der Waals surface area contributed by atoms with Crippen molar-refractivity contribution in [2.75, 3.05) is 13.6 Å². The SMILES string of the molecule is CNCc1cc(CN2CCCC3CCCC32)oc1C. The van der Waals surface area contributed by atoms with E-state index < -0.39 is 0 Å². The van der Waals surface area contributed by atoms with Gasteiger partial charge in [-0.25, -0.2) is 0 Å². The van der Waals surface area contributed by atoms with Gasteiger partial charge in [-0.3, -0.25) is 4.90 Å². The van der Waals surface area contributed by atoms with Crippen LogP contribution in [0.3, 0.4) is 0 Å². The van der Waals surface area contributed by atoms with Gasteiger partial charge in [0.25, 0.3) is 0 Å². The molecule has 0 bridgehead atoms. The van der Waals surface area contributed by atoms with Crippen LogP contribution in [0.4, 0.5) is 0 Å². The zero-order valence-corrected chi connectivity index (χ0v) is 12.2. The molecule has 3 rings (SSSR count). The lowest BCUT2D eigenvalue weighted by Crippen LogP contribution is -2.41. The molecule has 1 saturated carbocycles. The van der Waals surface area contributed by atoms with Gasteiger partial charge >= 0.3 is 0 Å². The summed E-state index contributed by atoms with van der Waals surface area (Å²) in [5.41, 5.74) is 1.30. The fourth-order valence-corrected chi connectivity index (χ4v) is 3.99. The molecule has 1 aromatic heterocycles. The highest BCUT2D eigenvalue weighted by atomic mass is 16.3. The minimum Gasteiger partial charge on any atom is -0.465 e. The largest absolute Gasteiger partial charge is 0.465 e. The van der Waals surface area contributed by atoms with E-state index >= 15 is 0 Å². The molecule has 0 amide bonds. The Bertz CT molecular complexity index is 426. The number of aryl methyl sites for hydroxylation is 1. The first-order valence-corrected chi connectivity index (χ1v) is 7.74. The maximum atomic E-state index is 5.94. The van der Waals surface area contributed by atoms with Crippen LogP contribution in [0, 0.1) is 12.8 Å². The summed E-state index contributed by atoms with van der Waals surface area (Å²) in [4.78, 5) is 2.67. The Morgan fingerprint density at radius 2 is 2.16 bits per heavy atom. The van der Waals surface area contributed by atoms with Crippen molar-refractivity contribution in [1.82, 2.24) is 10.2 Å². The number of nitrogens with zero attached hydrogens (tertiary/aromatic N) is 1. The van der Waals surface area contributed by atoms with Crippen LogP contribution in [0.15, 0.2) is 10.5 Å². The Morgan fingerprint density at radius 1 is 1.32 bits per heavy atom. The molecular weight excluding hydrogens is 236 g/mol. The topological polar surface area (TPSA) is 28.4 Å². The Morgan fingerprint density at radius 3 is 3.00 bits per heavy atom. The summed E-state index contributed by atoms with van der Waals surface area (Å²) in [5, 5.41) is 3.21. The van der Waals surface area contributed by atoms with Gasteiger partial charge in [0.2, 0.25) is 0 Å². The van der Waals surface area contributed by atoms with E-state index in [1.54, 1.807) is 0 Å². The van der Waals surface area contributed by atoms with Crippen LogP contribution in [0.2, 0.25) is 0 Å². The van der Waals surface area contributed by atoms with Crippen molar-refractivity contribution in [2.24, 2.45) is 5.92 Å². The number of fused-ring (bicyclic) bond motifs is 1. The van der Waals surface area contributed by atoms with Gasteiger partial charge in [0, 0.05) is 18.2 Å². The molecule has 3 heteroatoms. The van der Waals surface area contributed by atoms with E-state index in [-0.39, 0.29) is 0 Å². The molecule has 1 aliphatic heterocycles. The smallest absolute Gasteiger partial charge is 0.118 e. The third-order valence-corrected chi connectivity index (χ3v) is 4.91. The molecule has 2 unspecified atom stereocenters. The molecule has 3 nitrogen and oxygen atoms in total. The summed E-state index contributed by atoms with van der Waals surface area (Å²) in [6.07, 6.45) is 7.08. The first-order chi connectivity index (χ1) is 9.28. The van der Waals surface area contributed by atoms with Crippen molar-refractivity contribution in [3.8, 4) is 0 Å². The van der Waals surface area contributed by atoms with Crippen molar-refractivity contribution in [2.45, 2.75) is 58.2 Å². The van der Waals surface area contributed by atoms with Gasteiger partial charge in [0.1, 0.15) is 11.5 Å². The van der Waals surface area contributed by atoms with Crippen molar-refractivity contribution in [3.63, 3.8) is 0 Å². The molecule has 2 atom stereocenters. The molecular formula is C16H26N2O. The second-order valence-electron chi connectivity index (χ2n) is 6.20. The highest BCUT2D eigenvalue weighted by molar-refractivity contribution is 5.20. The zero-order chi connectivity index (χ0) is 13.2. The molecule has 2 heterocycles. The van der Waals surface area contributed by atoms with Crippen LogP contribution in [0.1, 0.15) is 49.2 Å². The van der Waals surface area contributed by atoms with Crippen LogP contribution in [0.5, 0.6) is 0 Å². The normalized spacial score (nSPS) is 27.7. The van der Waals surface area contributed by atoms with Crippen molar-refractivity contribution in [3.05, 3.63) is 23.2 Å². The molecule has 1 saturated heterocycles. The average molecular weight is 262 g/mol. The molecule has 0 radical (unpaired) electrons. The molecule has 2 fully saturated rings. The lowest BCUT2D eigenvalue weighted by Gasteiger charge is -2.37. The van der Waals surface area contributed by atoms with E-state index in [9.17, 15) is 0 Å². The Hall–Kier alpha value is -0.800. The second kappa shape index (κ2) is 5.68. The van der Waals surface area contributed by atoms with Crippen LogP contribution in [-0.4, -0.2) is 24.5 Å². The Balaban J connectivity index is 1.68. The molecule has 1 aromatic rings. The number of hydrogen-bond donors (Lipinski definition) is 1. The second-order valence-corrected chi connectivity index (χ2v) is 6.20. The Kier molecular flexibility index (Phi) is 3.94. The number of likely N-dealkylation sites (tertiary alicyclic amines) is 1. The highest BCUT2D eigenvalue weighted by Crippen LogP contribution is 2.37. The molecule has 19 heavy (non-hydrogen) atoms. The third-order valence-electron chi connectivity index (χ3n) is 4.91. The van der Waals surface area contributed by atoms with E-state index in [0.717, 1.165) is 36.6 Å². The minimum absolute atomic E-state index is 0.826. The standard InChI is InChI=1S/C16H26N2O/c1-12-14(10-17-2)9-15(19-12)11-18-8-4-6-13-5-3-7-16(13)18/h9,13,16-17H,3-8,10-11H2,1-2H3. The summed E-state index contributed by atoms with van der Waals surface area (Å²) < 4.78 is 5.94. The van der Waals surface area contributed by atoms with Crippen LogP contribution < -0.4 is 5.32 Å². The first kappa shape index (κ1) is 13.2. The first-order valence-electron chi connectivity index (χ1n) is 7.74. The van der Waals surface area contributed by atoms with E-state index in [4.69, 9.17) is 4.42 Å². The van der Waals surface area contributed by atoms with Crippen LogP contribution in [0.25, 0.3) is 0 Å². The van der Waals surface area contributed by atoms with E-state index in [0.29, 0.717) is 0 Å². The maximum Gasteiger partial charge on any atom is 0.118 e. The minimum atomic E-state index is 0.826. The lowest BCUT2D eigenvalue weighted by molar-refractivity contribution is 0.0976. The molecule has 1 N–H and O–H groups in total. The molecule has 1 aliphatic carbocycles. The maximum absolute atomic E-state index is 5.94. The number of rotatable bonds is 4. The summed E-state index contributed by atoms with van der Waals surface area (Å²) in [6, 6.07) is 3.07. The molecule has 0 spiro atoms. The summed E-state index contributed by atoms with van der Waals surface area (Å²) in [6.45, 7) is 5.24.